The monoisotopic (exact) mass is 300 g/mol. The van der Waals surface area contributed by atoms with Gasteiger partial charge in [0.05, 0.1) is 18.3 Å². The zero-order chi connectivity index (χ0) is 15.7. The van der Waals surface area contributed by atoms with Crippen LogP contribution in [-0.4, -0.2) is 27.8 Å². The maximum atomic E-state index is 12.2. The van der Waals surface area contributed by atoms with E-state index in [2.05, 4.69) is 5.43 Å². The van der Waals surface area contributed by atoms with Crippen LogP contribution in [0.4, 0.5) is 0 Å². The summed E-state index contributed by atoms with van der Waals surface area (Å²) in [7, 11) is 0. The van der Waals surface area contributed by atoms with Crippen molar-refractivity contribution in [1.82, 2.24) is 10.4 Å². The van der Waals surface area contributed by atoms with E-state index in [-0.39, 0.29) is 35.8 Å². The Morgan fingerprint density at radius 3 is 2.18 bits per heavy atom. The molecule has 1 aromatic carbocycles. The van der Waals surface area contributed by atoms with Crippen LogP contribution in [0.5, 0.6) is 5.75 Å². The minimum Gasteiger partial charge on any atom is -0.508 e. The van der Waals surface area contributed by atoms with E-state index in [0.717, 1.165) is 5.01 Å². The van der Waals surface area contributed by atoms with E-state index < -0.39 is 5.91 Å². The SMILES string of the molecule is O=C(Cc1ccc(O)cc1)NN1C(=O)[C@H]2CC=CC[C@@H]2C1=O. The predicted octanol–water partition coefficient (Wildman–Crippen LogP) is 0.917. The molecule has 1 saturated heterocycles. The Hall–Kier alpha value is -2.63. The van der Waals surface area contributed by atoms with Gasteiger partial charge in [-0.15, -0.1) is 0 Å². The van der Waals surface area contributed by atoms with Crippen molar-refractivity contribution in [1.29, 1.82) is 0 Å². The van der Waals surface area contributed by atoms with Gasteiger partial charge in [-0.1, -0.05) is 24.3 Å². The van der Waals surface area contributed by atoms with Crippen molar-refractivity contribution in [3.8, 4) is 5.75 Å². The summed E-state index contributed by atoms with van der Waals surface area (Å²) < 4.78 is 0. The summed E-state index contributed by atoms with van der Waals surface area (Å²) in [5.41, 5.74) is 3.09. The van der Waals surface area contributed by atoms with Gasteiger partial charge >= 0.3 is 0 Å². The molecule has 0 bridgehead atoms. The summed E-state index contributed by atoms with van der Waals surface area (Å²) >= 11 is 0. The number of carbonyl (C=O) groups excluding carboxylic acids is 3. The van der Waals surface area contributed by atoms with Crippen LogP contribution in [0, 0.1) is 11.8 Å². The van der Waals surface area contributed by atoms with Gasteiger partial charge < -0.3 is 5.11 Å². The van der Waals surface area contributed by atoms with E-state index in [1.165, 1.54) is 12.1 Å². The zero-order valence-electron chi connectivity index (χ0n) is 11.9. The van der Waals surface area contributed by atoms with Gasteiger partial charge in [-0.25, -0.2) is 0 Å². The quantitative estimate of drug-likeness (QED) is 0.642. The zero-order valence-corrected chi connectivity index (χ0v) is 11.9. The lowest BCUT2D eigenvalue weighted by Crippen LogP contribution is -2.47. The molecule has 6 heteroatoms. The van der Waals surface area contributed by atoms with Gasteiger partial charge in [-0.05, 0) is 30.5 Å². The Morgan fingerprint density at radius 1 is 1.09 bits per heavy atom. The van der Waals surface area contributed by atoms with E-state index in [0.29, 0.717) is 18.4 Å². The molecule has 3 amide bonds. The summed E-state index contributed by atoms with van der Waals surface area (Å²) in [5.74, 6) is -1.70. The molecule has 0 unspecified atom stereocenters. The van der Waals surface area contributed by atoms with E-state index in [9.17, 15) is 19.5 Å². The minimum atomic E-state index is -0.431. The lowest BCUT2D eigenvalue weighted by Gasteiger charge is -2.15. The molecule has 114 valence electrons. The second kappa shape index (κ2) is 5.63. The lowest BCUT2D eigenvalue weighted by molar-refractivity contribution is -0.148. The Morgan fingerprint density at radius 2 is 1.64 bits per heavy atom. The lowest BCUT2D eigenvalue weighted by atomic mass is 9.85. The maximum absolute atomic E-state index is 12.2. The Labute approximate surface area is 127 Å². The average Bonchev–Trinajstić information content (AvgIpc) is 2.75. The van der Waals surface area contributed by atoms with Crippen LogP contribution in [0.15, 0.2) is 36.4 Å². The minimum absolute atomic E-state index is 0.0327. The van der Waals surface area contributed by atoms with Crippen molar-refractivity contribution in [3.63, 3.8) is 0 Å². The average molecular weight is 300 g/mol. The maximum Gasteiger partial charge on any atom is 0.252 e. The van der Waals surface area contributed by atoms with Gasteiger partial charge in [-0.2, -0.15) is 5.01 Å². The van der Waals surface area contributed by atoms with Crippen LogP contribution >= 0.6 is 0 Å². The van der Waals surface area contributed by atoms with Crippen LogP contribution in [0.2, 0.25) is 0 Å². The first kappa shape index (κ1) is 14.3. The van der Waals surface area contributed by atoms with Crippen LogP contribution in [0.1, 0.15) is 18.4 Å². The fourth-order valence-electron chi connectivity index (χ4n) is 2.87. The number of nitrogens with zero attached hydrogens (tertiary/aromatic N) is 1. The molecule has 0 saturated carbocycles. The van der Waals surface area contributed by atoms with Crippen LogP contribution in [-0.2, 0) is 20.8 Å². The molecular weight excluding hydrogens is 284 g/mol. The molecule has 2 aliphatic rings. The van der Waals surface area contributed by atoms with Gasteiger partial charge in [0.25, 0.3) is 11.8 Å². The van der Waals surface area contributed by atoms with Crippen LogP contribution in [0.3, 0.4) is 0 Å². The first-order chi connectivity index (χ1) is 10.6. The Kier molecular flexibility index (Phi) is 3.66. The first-order valence-corrected chi connectivity index (χ1v) is 7.16. The van der Waals surface area contributed by atoms with Crippen LogP contribution in [0.25, 0.3) is 0 Å². The third kappa shape index (κ3) is 2.59. The highest BCUT2D eigenvalue weighted by Crippen LogP contribution is 2.34. The van der Waals surface area contributed by atoms with E-state index in [1.807, 2.05) is 12.2 Å². The van der Waals surface area contributed by atoms with E-state index in [4.69, 9.17) is 0 Å². The summed E-state index contributed by atoms with van der Waals surface area (Å²) in [6.07, 6.45) is 4.91. The molecule has 1 aliphatic heterocycles. The van der Waals surface area contributed by atoms with Crippen LogP contribution < -0.4 is 5.43 Å². The van der Waals surface area contributed by atoms with Gasteiger partial charge in [0.2, 0.25) is 5.91 Å². The number of rotatable bonds is 3. The van der Waals surface area contributed by atoms with Gasteiger partial charge in [0, 0.05) is 0 Å². The molecule has 0 aromatic heterocycles. The topological polar surface area (TPSA) is 86.7 Å². The molecule has 1 heterocycles. The van der Waals surface area contributed by atoms with Crippen molar-refractivity contribution in [2.75, 3.05) is 0 Å². The number of benzene rings is 1. The number of amides is 3. The van der Waals surface area contributed by atoms with Crippen molar-refractivity contribution in [2.45, 2.75) is 19.3 Å². The van der Waals surface area contributed by atoms with Gasteiger partial charge in [-0.3, -0.25) is 19.8 Å². The number of nitrogens with one attached hydrogen (secondary N) is 1. The number of allylic oxidation sites excluding steroid dienone is 2. The second-order valence-corrected chi connectivity index (χ2v) is 5.55. The van der Waals surface area contributed by atoms with E-state index >= 15 is 0 Å². The summed E-state index contributed by atoms with van der Waals surface area (Å²) in [4.78, 5) is 36.4. The van der Waals surface area contributed by atoms with Crippen molar-refractivity contribution < 1.29 is 19.5 Å². The predicted molar refractivity (Wildman–Crippen MR) is 77.2 cm³/mol. The summed E-state index contributed by atoms with van der Waals surface area (Å²) in [6, 6.07) is 6.20. The normalized spacial score (nSPS) is 23.5. The Balaban J connectivity index is 1.65. The molecule has 1 aromatic rings. The van der Waals surface area contributed by atoms with Crippen molar-refractivity contribution >= 4 is 17.7 Å². The molecule has 6 nitrogen and oxygen atoms in total. The second-order valence-electron chi connectivity index (χ2n) is 5.55. The number of aromatic hydroxyl groups is 1. The molecule has 3 rings (SSSR count). The van der Waals surface area contributed by atoms with E-state index in [1.54, 1.807) is 12.1 Å². The summed E-state index contributed by atoms with van der Waals surface area (Å²) in [6.45, 7) is 0. The largest absolute Gasteiger partial charge is 0.508 e. The highest BCUT2D eigenvalue weighted by molar-refractivity contribution is 6.06. The van der Waals surface area contributed by atoms with Crippen molar-refractivity contribution in [2.24, 2.45) is 11.8 Å². The number of imide groups is 1. The highest BCUT2D eigenvalue weighted by atomic mass is 16.3. The number of hydrogen-bond donors (Lipinski definition) is 2. The standard InChI is InChI=1S/C16H16N2O4/c19-11-7-5-10(6-8-11)9-14(20)17-18-15(21)12-3-1-2-4-13(12)16(18)22/h1-2,5-8,12-13,19H,3-4,9H2,(H,17,20)/t12-,13-/m0/s1. The number of phenolic OH excluding ortho intramolecular Hbond substituents is 1. The third-order valence-corrected chi connectivity index (χ3v) is 4.05. The molecule has 2 atom stereocenters. The van der Waals surface area contributed by atoms with Crippen molar-refractivity contribution in [3.05, 3.63) is 42.0 Å². The molecule has 0 spiro atoms. The smallest absolute Gasteiger partial charge is 0.252 e. The third-order valence-electron chi connectivity index (χ3n) is 4.05. The summed E-state index contributed by atoms with van der Waals surface area (Å²) in [5, 5.41) is 10.1. The Bertz CT molecular complexity index is 625. The first-order valence-electron chi connectivity index (χ1n) is 7.16. The number of hydrazine groups is 1. The molecule has 1 aliphatic carbocycles. The highest BCUT2D eigenvalue weighted by Gasteiger charge is 2.48. The van der Waals surface area contributed by atoms with Gasteiger partial charge in [0.1, 0.15) is 5.75 Å². The number of hydrogen-bond acceptors (Lipinski definition) is 4. The number of carbonyl (C=O) groups is 3. The molecule has 22 heavy (non-hydrogen) atoms. The molecule has 1 fully saturated rings. The molecular formula is C16H16N2O4. The fraction of sp³-hybridized carbons (Fsp3) is 0.312. The molecule has 2 N–H and O–H groups in total. The number of phenols is 1. The fourth-order valence-corrected chi connectivity index (χ4v) is 2.87. The van der Waals surface area contributed by atoms with Gasteiger partial charge in [0.15, 0.2) is 0 Å². The molecule has 0 radical (unpaired) electrons. The number of fused-ring (bicyclic) bond motifs is 1.